The van der Waals surface area contributed by atoms with Crippen molar-refractivity contribution < 1.29 is 42.9 Å². The predicted octanol–water partition coefficient (Wildman–Crippen LogP) is 8.20. The molecule has 3 aromatic carbocycles. The number of likely N-dealkylation sites (tertiary alicyclic amines) is 1. The molecule has 0 bridgehead atoms. The second-order valence-corrected chi connectivity index (χ2v) is 22.4. The number of nitrogens with one attached hydrogen (secondary N) is 3. The number of aliphatic imine (C=N–C) groups is 1. The highest BCUT2D eigenvalue weighted by molar-refractivity contribution is 7.15. The third-order valence-corrected chi connectivity index (χ3v) is 15.3. The third-order valence-electron chi connectivity index (χ3n) is 13.9. The summed E-state index contributed by atoms with van der Waals surface area (Å²) in [6.45, 7) is 18.1. The normalized spacial score (nSPS) is 17.4. The van der Waals surface area contributed by atoms with Gasteiger partial charge >= 0.3 is 0 Å². The molecule has 0 saturated carbocycles. The largest absolute Gasteiger partial charge is 0.494 e. The molecule has 1 unspecified atom stereocenters. The van der Waals surface area contributed by atoms with Crippen molar-refractivity contribution in [1.82, 2.24) is 40.6 Å². The van der Waals surface area contributed by atoms with Gasteiger partial charge < -0.3 is 44.6 Å². The number of aryl methyl sites for hydroxylation is 3. The zero-order chi connectivity index (χ0) is 55.1. The minimum atomic E-state index is -0.992. The number of hydrogen-bond acceptors (Lipinski definition) is 14. The number of benzene rings is 3. The van der Waals surface area contributed by atoms with Gasteiger partial charge in [0.1, 0.15) is 41.3 Å². The Morgan fingerprint density at radius 1 is 0.831 bits per heavy atom. The number of ether oxygens (including phenoxy) is 3. The van der Waals surface area contributed by atoms with Crippen LogP contribution in [-0.4, -0.2) is 117 Å². The molecule has 3 aromatic heterocycles. The summed E-state index contributed by atoms with van der Waals surface area (Å²) in [4.78, 5) is 66.5. The van der Waals surface area contributed by atoms with E-state index in [1.165, 1.54) is 16.2 Å². The maximum absolute atomic E-state index is 14.1. The van der Waals surface area contributed by atoms with Crippen molar-refractivity contribution in [1.29, 1.82) is 0 Å². The standard InChI is InChI=1S/C57H68ClN9O9S/c1-32-36(5)77-56-49(32)50(40-15-19-42(58)20-16-40)62-45(53-65-64-37(6)67(53)56)28-47(69)60-33(2)39-17-21-44(22-18-39)75-24-10-23-73-25-26-74-30-48(70)63-52(57(7,8)9)55(72)66-29-43(68)27-46(66)54(71)61-34(3)38-11-13-41(14-12-38)51-35(4)59-31-76-51/h11-22,31,33-34,43,45-46,52,68H,10,23-30H2,1-9H3,(H,60,69)(H,61,71)(H,63,70)/t33-,34+,43-,45+,46+,52?/m1/s1. The molecule has 20 heteroatoms. The SMILES string of the molecule is Cc1ncoc1-c1ccc([C@H](C)NC(=O)[C@@H]2C[C@@H](O)CN2C(=O)C(NC(=O)COCCOCCCOc2ccc([C@@H](C)NC(=O)C[C@@H]3N=C(c4ccc(Cl)cc4)c4c(sc(C)c4C)-n4c(C)nnc43)cc2)C(C)(C)C)cc1. The quantitative estimate of drug-likeness (QED) is 0.0501. The Balaban J connectivity index is 0.739. The fraction of sp³-hybridized carbons (Fsp3) is 0.439. The number of carbonyl (C=O) groups excluding carboxylic acids is 4. The summed E-state index contributed by atoms with van der Waals surface area (Å²) in [6.07, 6.45) is 1.24. The predicted molar refractivity (Wildman–Crippen MR) is 293 cm³/mol. The number of fused-ring (bicyclic) bond motifs is 3. The van der Waals surface area contributed by atoms with Crippen molar-refractivity contribution >= 4 is 52.3 Å². The molecule has 2 aliphatic heterocycles. The van der Waals surface area contributed by atoms with Gasteiger partial charge in [0.25, 0.3) is 0 Å². The molecule has 1 saturated heterocycles. The fourth-order valence-electron chi connectivity index (χ4n) is 9.50. The summed E-state index contributed by atoms with van der Waals surface area (Å²) in [5.41, 5.74) is 6.48. The summed E-state index contributed by atoms with van der Waals surface area (Å²) in [5.74, 6) is 1.16. The first-order chi connectivity index (χ1) is 36.8. The topological polar surface area (TPSA) is 225 Å². The van der Waals surface area contributed by atoms with Crippen LogP contribution in [0.1, 0.15) is 122 Å². The van der Waals surface area contributed by atoms with Gasteiger partial charge in [-0.15, -0.1) is 21.5 Å². The van der Waals surface area contributed by atoms with Crippen LogP contribution < -0.4 is 20.7 Å². The van der Waals surface area contributed by atoms with Crippen LogP contribution in [0.15, 0.2) is 88.6 Å². The first-order valence-corrected chi connectivity index (χ1v) is 27.1. The number of rotatable bonds is 21. The van der Waals surface area contributed by atoms with Gasteiger partial charge in [0.2, 0.25) is 23.6 Å². The van der Waals surface area contributed by atoms with E-state index in [0.717, 1.165) is 55.6 Å². The molecule has 8 rings (SSSR count). The Morgan fingerprint density at radius 2 is 1.49 bits per heavy atom. The van der Waals surface area contributed by atoms with E-state index in [2.05, 4.69) is 45.0 Å². The van der Waals surface area contributed by atoms with Crippen LogP contribution in [0.5, 0.6) is 5.75 Å². The summed E-state index contributed by atoms with van der Waals surface area (Å²) in [5, 5.41) is 30.1. The number of aliphatic hydroxyl groups excluding tert-OH is 1. The first kappa shape index (κ1) is 56.4. The summed E-state index contributed by atoms with van der Waals surface area (Å²) in [7, 11) is 0. The number of β-amino-alcohol motifs (C(OH)–C–C–N with tert-alkyl or cyclic N) is 1. The number of nitrogens with zero attached hydrogens (tertiary/aromatic N) is 6. The second-order valence-electron chi connectivity index (χ2n) is 20.7. The molecular formula is C57H68ClN9O9S. The number of aromatic nitrogens is 4. The molecule has 4 amide bonds. The average molecular weight is 1090 g/mol. The molecule has 18 nitrogen and oxygen atoms in total. The van der Waals surface area contributed by atoms with Gasteiger partial charge in [-0.2, -0.15) is 0 Å². The van der Waals surface area contributed by atoms with Crippen LogP contribution in [0.25, 0.3) is 16.3 Å². The second kappa shape index (κ2) is 24.7. The van der Waals surface area contributed by atoms with Crippen molar-refractivity contribution in [2.75, 3.05) is 39.6 Å². The molecule has 6 atom stereocenters. The van der Waals surface area contributed by atoms with E-state index in [-0.39, 0.29) is 51.2 Å². The Labute approximate surface area is 458 Å². The number of halogens is 1. The van der Waals surface area contributed by atoms with Gasteiger partial charge in [0.05, 0.1) is 55.8 Å². The average Bonchev–Trinajstić information content (AvgIpc) is 4.21. The number of thiophene rings is 1. The number of oxazole rings is 1. The van der Waals surface area contributed by atoms with E-state index >= 15 is 0 Å². The van der Waals surface area contributed by atoms with Crippen LogP contribution in [0.2, 0.25) is 5.02 Å². The van der Waals surface area contributed by atoms with Gasteiger partial charge in [-0.3, -0.25) is 28.7 Å². The monoisotopic (exact) mass is 1090 g/mol. The smallest absolute Gasteiger partial charge is 0.246 e. The Morgan fingerprint density at radius 3 is 2.17 bits per heavy atom. The van der Waals surface area contributed by atoms with Gasteiger partial charge in [0, 0.05) is 52.6 Å². The van der Waals surface area contributed by atoms with Crippen LogP contribution in [0.4, 0.5) is 0 Å². The molecule has 6 aromatic rings. The van der Waals surface area contributed by atoms with Crippen LogP contribution >= 0.6 is 22.9 Å². The number of aliphatic hydroxyl groups is 1. The number of hydrogen-bond donors (Lipinski definition) is 4. The zero-order valence-corrected chi connectivity index (χ0v) is 46.6. The van der Waals surface area contributed by atoms with Gasteiger partial charge in [-0.1, -0.05) is 80.9 Å². The molecule has 77 heavy (non-hydrogen) atoms. The first-order valence-electron chi connectivity index (χ1n) is 25.9. The van der Waals surface area contributed by atoms with E-state index in [1.807, 2.05) is 126 Å². The van der Waals surface area contributed by atoms with E-state index in [1.54, 1.807) is 11.3 Å². The van der Waals surface area contributed by atoms with E-state index in [9.17, 15) is 24.3 Å². The fourth-order valence-corrected chi connectivity index (χ4v) is 10.8. The zero-order valence-electron chi connectivity index (χ0n) is 45.0. The minimum Gasteiger partial charge on any atom is -0.494 e. The lowest BCUT2D eigenvalue weighted by Gasteiger charge is -2.35. The van der Waals surface area contributed by atoms with Crippen molar-refractivity contribution in [2.24, 2.45) is 10.4 Å². The minimum absolute atomic E-state index is 0.0401. The molecule has 408 valence electrons. The molecule has 1 fully saturated rings. The number of amides is 4. The lowest BCUT2D eigenvalue weighted by molar-refractivity contribution is -0.144. The lowest BCUT2D eigenvalue weighted by Crippen LogP contribution is -2.58. The van der Waals surface area contributed by atoms with Gasteiger partial charge in [-0.25, -0.2) is 4.98 Å². The molecule has 2 aliphatic rings. The molecule has 5 heterocycles. The highest BCUT2D eigenvalue weighted by Gasteiger charge is 2.45. The van der Waals surface area contributed by atoms with E-state index in [0.29, 0.717) is 42.0 Å². The molecule has 0 spiro atoms. The van der Waals surface area contributed by atoms with E-state index < -0.39 is 53.4 Å². The molecule has 0 aliphatic carbocycles. The Kier molecular flexibility index (Phi) is 18.1. The molecule has 4 N–H and O–H groups in total. The van der Waals surface area contributed by atoms with Crippen molar-refractivity contribution in [3.8, 4) is 22.1 Å². The maximum atomic E-state index is 14.1. The van der Waals surface area contributed by atoms with Crippen LogP contribution in [-0.2, 0) is 28.7 Å². The maximum Gasteiger partial charge on any atom is 0.246 e. The van der Waals surface area contributed by atoms with Crippen molar-refractivity contribution in [3.05, 3.63) is 134 Å². The third kappa shape index (κ3) is 13.5. The molecule has 0 radical (unpaired) electrons. The van der Waals surface area contributed by atoms with E-state index in [4.69, 9.17) is 35.2 Å². The Bertz CT molecular complexity index is 3070. The molecular weight excluding hydrogens is 1020 g/mol. The van der Waals surface area contributed by atoms with Crippen LogP contribution in [0.3, 0.4) is 0 Å². The van der Waals surface area contributed by atoms with Gasteiger partial charge in [-0.05, 0) is 87.9 Å². The summed E-state index contributed by atoms with van der Waals surface area (Å²) in [6, 6.07) is 19.6. The highest BCUT2D eigenvalue weighted by Crippen LogP contribution is 2.40. The van der Waals surface area contributed by atoms with Crippen LogP contribution in [0, 0.1) is 33.1 Å². The number of carbonyl (C=O) groups is 4. The summed E-state index contributed by atoms with van der Waals surface area (Å²) >= 11 is 7.93. The van der Waals surface area contributed by atoms with Crippen molar-refractivity contribution in [2.45, 2.75) is 118 Å². The van der Waals surface area contributed by atoms with Crippen molar-refractivity contribution in [3.63, 3.8) is 0 Å². The Hall–Kier alpha value is -6.77. The lowest BCUT2D eigenvalue weighted by atomic mass is 9.85. The van der Waals surface area contributed by atoms with Gasteiger partial charge in [0.15, 0.2) is 18.0 Å². The summed E-state index contributed by atoms with van der Waals surface area (Å²) < 4.78 is 24.8. The highest BCUT2D eigenvalue weighted by atomic mass is 35.5.